The SMILES string of the molecule is COC(=O)c1cc(Cc2ccccc2)sc1NC(=S)Nc1ccc(F)c(Cl)c1. The lowest BCUT2D eigenvalue weighted by atomic mass is 10.1. The maximum Gasteiger partial charge on any atom is 0.340 e. The van der Waals surface area contributed by atoms with Crippen molar-refractivity contribution in [3.8, 4) is 0 Å². The van der Waals surface area contributed by atoms with Gasteiger partial charge in [-0.2, -0.15) is 0 Å². The first-order chi connectivity index (χ1) is 13.5. The summed E-state index contributed by atoms with van der Waals surface area (Å²) < 4.78 is 18.2. The van der Waals surface area contributed by atoms with Crippen LogP contribution in [-0.4, -0.2) is 18.2 Å². The molecule has 0 spiro atoms. The van der Waals surface area contributed by atoms with E-state index in [1.54, 1.807) is 6.07 Å². The highest BCUT2D eigenvalue weighted by molar-refractivity contribution is 7.80. The molecule has 4 nitrogen and oxygen atoms in total. The number of benzene rings is 2. The molecule has 0 fully saturated rings. The predicted molar refractivity (Wildman–Crippen MR) is 116 cm³/mol. The first-order valence-electron chi connectivity index (χ1n) is 8.24. The zero-order valence-electron chi connectivity index (χ0n) is 14.8. The number of halogens is 2. The normalized spacial score (nSPS) is 10.4. The first kappa shape index (κ1) is 20.3. The lowest BCUT2D eigenvalue weighted by Gasteiger charge is -2.10. The Morgan fingerprint density at radius 2 is 1.93 bits per heavy atom. The van der Waals surface area contributed by atoms with E-state index in [9.17, 15) is 9.18 Å². The maximum absolute atomic E-state index is 13.3. The number of carbonyl (C=O) groups is 1. The first-order valence-corrected chi connectivity index (χ1v) is 9.84. The lowest BCUT2D eigenvalue weighted by Crippen LogP contribution is -2.19. The largest absolute Gasteiger partial charge is 0.465 e. The van der Waals surface area contributed by atoms with Gasteiger partial charge in [-0.25, -0.2) is 9.18 Å². The van der Waals surface area contributed by atoms with E-state index in [1.807, 2.05) is 30.3 Å². The molecular formula is C20H16ClFN2O2S2. The van der Waals surface area contributed by atoms with E-state index >= 15 is 0 Å². The van der Waals surface area contributed by atoms with Crippen LogP contribution >= 0.6 is 35.2 Å². The topological polar surface area (TPSA) is 50.4 Å². The number of ether oxygens (including phenoxy) is 1. The fraction of sp³-hybridized carbons (Fsp3) is 0.100. The van der Waals surface area contributed by atoms with E-state index in [0.29, 0.717) is 22.7 Å². The molecule has 0 aliphatic carbocycles. The van der Waals surface area contributed by atoms with Gasteiger partial charge in [0.05, 0.1) is 17.7 Å². The highest BCUT2D eigenvalue weighted by Gasteiger charge is 2.18. The second-order valence-corrected chi connectivity index (χ2v) is 7.77. The molecule has 0 atom stereocenters. The smallest absolute Gasteiger partial charge is 0.340 e. The van der Waals surface area contributed by atoms with Gasteiger partial charge in [-0.3, -0.25) is 0 Å². The fourth-order valence-electron chi connectivity index (χ4n) is 2.52. The highest BCUT2D eigenvalue weighted by Crippen LogP contribution is 2.31. The summed E-state index contributed by atoms with van der Waals surface area (Å²) in [4.78, 5) is 13.1. The number of thiocarbonyl (C=S) groups is 1. The molecule has 0 radical (unpaired) electrons. The van der Waals surface area contributed by atoms with E-state index in [2.05, 4.69) is 10.6 Å². The Bertz CT molecular complexity index is 1010. The number of rotatable bonds is 5. The zero-order chi connectivity index (χ0) is 20.1. The average molecular weight is 435 g/mol. The minimum Gasteiger partial charge on any atom is -0.465 e. The molecular weight excluding hydrogens is 419 g/mol. The molecule has 0 aliphatic heterocycles. The molecule has 28 heavy (non-hydrogen) atoms. The molecule has 0 saturated carbocycles. The minimum atomic E-state index is -0.511. The Morgan fingerprint density at radius 1 is 1.18 bits per heavy atom. The second kappa shape index (κ2) is 9.14. The van der Waals surface area contributed by atoms with Gasteiger partial charge in [-0.15, -0.1) is 11.3 Å². The fourth-order valence-corrected chi connectivity index (χ4v) is 4.07. The molecule has 0 amide bonds. The summed E-state index contributed by atoms with van der Waals surface area (Å²) >= 11 is 12.5. The van der Waals surface area contributed by atoms with Crippen molar-refractivity contribution >= 4 is 56.9 Å². The van der Waals surface area contributed by atoms with Crippen molar-refractivity contribution in [3.63, 3.8) is 0 Å². The van der Waals surface area contributed by atoms with Crippen molar-refractivity contribution in [3.05, 3.63) is 81.4 Å². The van der Waals surface area contributed by atoms with Gasteiger partial charge in [-0.05, 0) is 42.0 Å². The van der Waals surface area contributed by atoms with Crippen LogP contribution in [0, 0.1) is 5.82 Å². The van der Waals surface area contributed by atoms with Crippen LogP contribution in [-0.2, 0) is 11.2 Å². The number of hydrogen-bond donors (Lipinski definition) is 2. The lowest BCUT2D eigenvalue weighted by molar-refractivity contribution is 0.0602. The Balaban J connectivity index is 1.78. The van der Waals surface area contributed by atoms with E-state index in [1.165, 1.54) is 36.6 Å². The van der Waals surface area contributed by atoms with Crippen LogP contribution in [0.3, 0.4) is 0 Å². The summed E-state index contributed by atoms with van der Waals surface area (Å²) in [6.07, 6.45) is 0.685. The number of anilines is 2. The Kier molecular flexibility index (Phi) is 6.61. The summed E-state index contributed by atoms with van der Waals surface area (Å²) in [7, 11) is 1.33. The monoisotopic (exact) mass is 434 g/mol. The van der Waals surface area contributed by atoms with Crippen molar-refractivity contribution < 1.29 is 13.9 Å². The summed E-state index contributed by atoms with van der Waals surface area (Å²) in [6, 6.07) is 15.9. The van der Waals surface area contributed by atoms with Gasteiger partial charge in [0.2, 0.25) is 0 Å². The van der Waals surface area contributed by atoms with Crippen LogP contribution in [0.25, 0.3) is 0 Å². The third-order valence-electron chi connectivity index (χ3n) is 3.81. The number of methoxy groups -OCH3 is 1. The van der Waals surface area contributed by atoms with Crippen LogP contribution in [0.5, 0.6) is 0 Å². The van der Waals surface area contributed by atoms with Crippen molar-refractivity contribution in [1.82, 2.24) is 0 Å². The average Bonchev–Trinajstić information content (AvgIpc) is 3.06. The second-order valence-electron chi connectivity index (χ2n) is 5.82. The van der Waals surface area contributed by atoms with Crippen molar-refractivity contribution in [2.24, 2.45) is 0 Å². The van der Waals surface area contributed by atoms with Gasteiger partial charge < -0.3 is 15.4 Å². The molecule has 2 N–H and O–H groups in total. The third-order valence-corrected chi connectivity index (χ3v) is 5.36. The number of nitrogens with one attached hydrogen (secondary N) is 2. The summed E-state index contributed by atoms with van der Waals surface area (Å²) in [5, 5.41) is 6.75. The van der Waals surface area contributed by atoms with E-state index < -0.39 is 11.8 Å². The number of esters is 1. The molecule has 0 aliphatic rings. The number of hydrogen-bond acceptors (Lipinski definition) is 4. The minimum absolute atomic E-state index is 0.00989. The van der Waals surface area contributed by atoms with Crippen LogP contribution in [0.1, 0.15) is 20.8 Å². The maximum atomic E-state index is 13.3. The van der Waals surface area contributed by atoms with Gasteiger partial charge in [-0.1, -0.05) is 41.9 Å². The third kappa shape index (κ3) is 5.07. The quantitative estimate of drug-likeness (QED) is 0.397. The highest BCUT2D eigenvalue weighted by atomic mass is 35.5. The summed E-state index contributed by atoms with van der Waals surface area (Å²) in [5.74, 6) is -0.964. The molecule has 1 heterocycles. The van der Waals surface area contributed by atoms with Gasteiger partial charge in [0.15, 0.2) is 5.11 Å². The van der Waals surface area contributed by atoms with Gasteiger partial charge >= 0.3 is 5.97 Å². The molecule has 0 bridgehead atoms. The molecule has 1 aromatic heterocycles. The molecule has 3 rings (SSSR count). The van der Waals surface area contributed by atoms with Crippen molar-refractivity contribution in [1.29, 1.82) is 0 Å². The van der Waals surface area contributed by atoms with Crippen LogP contribution in [0.15, 0.2) is 54.6 Å². The van der Waals surface area contributed by atoms with Crippen LogP contribution in [0.2, 0.25) is 5.02 Å². The summed E-state index contributed by atoms with van der Waals surface area (Å²) in [6.45, 7) is 0. The van der Waals surface area contributed by atoms with Gasteiger partial charge in [0.1, 0.15) is 10.8 Å². The predicted octanol–water partition coefficient (Wildman–Crippen LogP) is 5.73. The van der Waals surface area contributed by atoms with E-state index in [-0.39, 0.29) is 10.1 Å². The van der Waals surface area contributed by atoms with E-state index in [4.69, 9.17) is 28.6 Å². The molecule has 3 aromatic rings. The molecule has 2 aromatic carbocycles. The molecule has 0 unspecified atom stereocenters. The van der Waals surface area contributed by atoms with Crippen LogP contribution < -0.4 is 10.6 Å². The van der Waals surface area contributed by atoms with Gasteiger partial charge in [0.25, 0.3) is 0 Å². The number of thiophene rings is 1. The Morgan fingerprint density at radius 3 is 2.61 bits per heavy atom. The van der Waals surface area contributed by atoms with E-state index in [0.717, 1.165) is 10.4 Å². The standard InChI is InChI=1S/C20H16ClFN2O2S2/c1-26-19(25)15-11-14(9-12-5-3-2-4-6-12)28-18(15)24-20(27)23-13-7-8-17(22)16(21)10-13/h2-8,10-11H,9H2,1H3,(H2,23,24,27). The van der Waals surface area contributed by atoms with Crippen molar-refractivity contribution in [2.75, 3.05) is 17.7 Å². The Labute approximate surface area is 176 Å². The van der Waals surface area contributed by atoms with Crippen LogP contribution in [0.4, 0.5) is 15.1 Å². The van der Waals surface area contributed by atoms with Gasteiger partial charge in [0, 0.05) is 17.0 Å². The number of carbonyl (C=O) groups excluding carboxylic acids is 1. The summed E-state index contributed by atoms with van der Waals surface area (Å²) in [5.41, 5.74) is 2.07. The molecule has 144 valence electrons. The Hall–Kier alpha value is -2.48. The molecule has 8 heteroatoms. The molecule has 0 saturated heterocycles. The zero-order valence-corrected chi connectivity index (χ0v) is 17.2. The van der Waals surface area contributed by atoms with Crippen molar-refractivity contribution in [2.45, 2.75) is 6.42 Å².